The highest BCUT2D eigenvalue weighted by molar-refractivity contribution is 7.00. The van der Waals surface area contributed by atoms with Gasteiger partial charge in [0.05, 0.1) is 11.4 Å². The van der Waals surface area contributed by atoms with Gasteiger partial charge >= 0.3 is 0 Å². The van der Waals surface area contributed by atoms with Gasteiger partial charge in [-0.25, -0.2) is 0 Å². The van der Waals surface area contributed by atoms with E-state index in [0.717, 1.165) is 0 Å². The fourth-order valence-corrected chi connectivity index (χ4v) is 10.9. The molecular formula is C58H61BN2. The van der Waals surface area contributed by atoms with Crippen LogP contribution in [-0.2, 0) is 10.8 Å². The molecule has 2 heterocycles. The number of anilines is 6. The molecule has 0 aliphatic carbocycles. The summed E-state index contributed by atoms with van der Waals surface area (Å²) in [6.07, 6.45) is 0. The van der Waals surface area contributed by atoms with Crippen molar-refractivity contribution in [2.45, 2.75) is 108 Å². The normalized spacial score (nSPS) is 13.3. The molecule has 0 saturated heterocycles. The van der Waals surface area contributed by atoms with Gasteiger partial charge in [0.15, 0.2) is 0 Å². The zero-order valence-corrected chi connectivity index (χ0v) is 38.9. The first-order chi connectivity index (χ1) is 29.0. The van der Waals surface area contributed by atoms with E-state index in [2.05, 4.69) is 222 Å². The predicted octanol–water partition coefficient (Wildman–Crippen LogP) is 13.5. The molecule has 0 saturated carbocycles. The maximum Gasteiger partial charge on any atom is 0.252 e. The molecule has 0 radical (unpaired) electrons. The van der Waals surface area contributed by atoms with Gasteiger partial charge in [0.1, 0.15) is 0 Å². The van der Waals surface area contributed by atoms with Gasteiger partial charge < -0.3 is 9.80 Å². The molecule has 0 bridgehead atoms. The number of nitrogens with zero attached hydrogens (tertiary/aromatic N) is 2. The van der Waals surface area contributed by atoms with Crippen LogP contribution in [0.15, 0.2) is 115 Å². The predicted molar refractivity (Wildman–Crippen MR) is 265 cm³/mol. The van der Waals surface area contributed by atoms with Crippen molar-refractivity contribution in [2.24, 2.45) is 0 Å². The largest absolute Gasteiger partial charge is 0.311 e. The number of benzene rings is 7. The Labute approximate surface area is 366 Å². The van der Waals surface area contributed by atoms with Gasteiger partial charge in [-0.15, -0.1) is 0 Å². The lowest BCUT2D eigenvalue weighted by Gasteiger charge is -2.46. The van der Waals surface area contributed by atoms with Crippen LogP contribution in [0.2, 0.25) is 0 Å². The van der Waals surface area contributed by atoms with E-state index in [4.69, 9.17) is 0 Å². The summed E-state index contributed by atoms with van der Waals surface area (Å²) in [5.41, 5.74) is 30.2. The van der Waals surface area contributed by atoms with Crippen LogP contribution in [0.3, 0.4) is 0 Å². The molecule has 2 nitrogen and oxygen atoms in total. The van der Waals surface area contributed by atoms with Crippen molar-refractivity contribution in [3.63, 3.8) is 0 Å². The molecule has 0 unspecified atom stereocenters. The Hall–Kier alpha value is -5.80. The van der Waals surface area contributed by atoms with Gasteiger partial charge in [-0.1, -0.05) is 119 Å². The molecule has 0 fully saturated rings. The summed E-state index contributed by atoms with van der Waals surface area (Å²) in [6, 6.07) is 44.0. The van der Waals surface area contributed by atoms with E-state index in [0.29, 0.717) is 0 Å². The molecule has 0 N–H and O–H groups in total. The van der Waals surface area contributed by atoms with E-state index >= 15 is 0 Å². The summed E-state index contributed by atoms with van der Waals surface area (Å²) in [6.45, 7) is 32.7. The fourth-order valence-electron chi connectivity index (χ4n) is 10.9. The molecule has 2 aliphatic heterocycles. The third kappa shape index (κ3) is 5.90. The summed E-state index contributed by atoms with van der Waals surface area (Å²) in [4.78, 5) is 5.31. The first-order valence-corrected chi connectivity index (χ1v) is 22.2. The van der Waals surface area contributed by atoms with Gasteiger partial charge in [0, 0.05) is 33.6 Å². The SMILES string of the molecule is Cc1c(C)c(C)c(N2c3cc(C(C)(C)c4ccccc4)ccc3B3c4ccc(C(C)(C)c5ccccc5)cc4N(c4c(C)c(C)c(C)c(C)c4C)c4cccc2c43)c(C)c1C. The van der Waals surface area contributed by atoms with Gasteiger partial charge in [0.2, 0.25) is 0 Å². The van der Waals surface area contributed by atoms with E-state index in [1.165, 1.54) is 128 Å². The van der Waals surface area contributed by atoms with Crippen LogP contribution in [0.4, 0.5) is 34.1 Å². The molecule has 0 aromatic heterocycles. The second kappa shape index (κ2) is 14.4. The van der Waals surface area contributed by atoms with E-state index in [1.54, 1.807) is 0 Å². The zero-order chi connectivity index (χ0) is 43.4. The third-order valence-electron chi connectivity index (χ3n) is 15.8. The highest BCUT2D eigenvalue weighted by Gasteiger charge is 2.45. The second-order valence-corrected chi connectivity index (χ2v) is 19.3. The summed E-state index contributed by atoms with van der Waals surface area (Å²) in [5.74, 6) is 0. The fraction of sp³-hybridized carbons (Fsp3) is 0.276. The van der Waals surface area contributed by atoms with Gasteiger partial charge in [-0.3, -0.25) is 0 Å². The van der Waals surface area contributed by atoms with Gasteiger partial charge in [-0.2, -0.15) is 0 Å². The average Bonchev–Trinajstić information content (AvgIpc) is 3.27. The lowest BCUT2D eigenvalue weighted by Crippen LogP contribution is -2.61. The lowest BCUT2D eigenvalue weighted by atomic mass is 9.33. The first kappa shape index (κ1) is 40.6. The van der Waals surface area contributed by atoms with E-state index in [1.807, 2.05) is 0 Å². The molecule has 306 valence electrons. The van der Waals surface area contributed by atoms with Gasteiger partial charge in [-0.05, 0) is 188 Å². The highest BCUT2D eigenvalue weighted by Crippen LogP contribution is 2.50. The Balaban J connectivity index is 1.40. The summed E-state index contributed by atoms with van der Waals surface area (Å²) in [5, 5.41) is 0. The van der Waals surface area contributed by atoms with Crippen LogP contribution in [-0.4, -0.2) is 6.71 Å². The second-order valence-electron chi connectivity index (χ2n) is 19.3. The number of fused-ring (bicyclic) bond motifs is 4. The van der Waals surface area contributed by atoms with Gasteiger partial charge in [0.25, 0.3) is 6.71 Å². The Bertz CT molecular complexity index is 2660. The Morgan fingerprint density at radius 2 is 0.656 bits per heavy atom. The molecule has 0 amide bonds. The van der Waals surface area contributed by atoms with Crippen LogP contribution in [0.25, 0.3) is 0 Å². The smallest absolute Gasteiger partial charge is 0.252 e. The van der Waals surface area contributed by atoms with Crippen LogP contribution in [0.5, 0.6) is 0 Å². The Kier molecular flexibility index (Phi) is 9.59. The van der Waals surface area contributed by atoms with Crippen molar-refractivity contribution in [1.82, 2.24) is 0 Å². The molecule has 61 heavy (non-hydrogen) atoms. The average molecular weight is 797 g/mol. The molecule has 7 aromatic rings. The quantitative estimate of drug-likeness (QED) is 0.155. The van der Waals surface area contributed by atoms with Crippen molar-refractivity contribution in [3.05, 3.63) is 193 Å². The lowest BCUT2D eigenvalue weighted by molar-refractivity contribution is 0.641. The van der Waals surface area contributed by atoms with Crippen molar-refractivity contribution < 1.29 is 0 Å². The highest BCUT2D eigenvalue weighted by atomic mass is 15.2. The maximum absolute atomic E-state index is 2.65. The van der Waals surface area contributed by atoms with Crippen LogP contribution >= 0.6 is 0 Å². The zero-order valence-electron chi connectivity index (χ0n) is 38.9. The molecule has 9 rings (SSSR count). The molecule has 7 aromatic carbocycles. The van der Waals surface area contributed by atoms with Crippen molar-refractivity contribution in [3.8, 4) is 0 Å². The Morgan fingerprint density at radius 1 is 0.328 bits per heavy atom. The number of rotatable bonds is 6. The summed E-state index contributed by atoms with van der Waals surface area (Å²) in [7, 11) is 0. The maximum atomic E-state index is 2.65. The van der Waals surface area contributed by atoms with Crippen LogP contribution in [0.1, 0.15) is 106 Å². The van der Waals surface area contributed by atoms with Crippen molar-refractivity contribution in [2.75, 3.05) is 9.80 Å². The Morgan fingerprint density at radius 3 is 1.00 bits per heavy atom. The molecule has 0 atom stereocenters. The van der Waals surface area contributed by atoms with Crippen LogP contribution in [0, 0.1) is 69.2 Å². The molecule has 0 spiro atoms. The van der Waals surface area contributed by atoms with E-state index < -0.39 is 0 Å². The number of hydrogen-bond acceptors (Lipinski definition) is 2. The standard InChI is InChI=1S/C58H61BN2/c1-34-36(3)40(7)55(41(8)37(34)4)60-50-26-21-27-51-54(50)59(48-30-28-46(32-52(48)60)57(11,12)44-22-17-15-18-23-44)49-31-29-47(58(13,14)45-24-19-16-20-25-45)33-53(49)61(51)56-42(9)38(5)35(2)39(6)43(56)10/h15-33H,1-14H3. The van der Waals surface area contributed by atoms with E-state index in [-0.39, 0.29) is 17.5 Å². The van der Waals surface area contributed by atoms with E-state index in [9.17, 15) is 0 Å². The minimum atomic E-state index is -0.206. The third-order valence-corrected chi connectivity index (χ3v) is 15.8. The van der Waals surface area contributed by atoms with Crippen molar-refractivity contribution >= 4 is 57.2 Å². The molecule has 2 aliphatic rings. The topological polar surface area (TPSA) is 6.48 Å². The minimum Gasteiger partial charge on any atom is -0.311 e. The first-order valence-electron chi connectivity index (χ1n) is 22.2. The molecular weight excluding hydrogens is 735 g/mol. The minimum absolute atomic E-state index is 0.0352. The van der Waals surface area contributed by atoms with Crippen molar-refractivity contribution in [1.29, 1.82) is 0 Å². The molecule has 3 heteroatoms. The van der Waals surface area contributed by atoms with Crippen LogP contribution < -0.4 is 26.2 Å². The number of hydrogen-bond donors (Lipinski definition) is 0. The summed E-state index contributed by atoms with van der Waals surface area (Å²) < 4.78 is 0. The summed E-state index contributed by atoms with van der Waals surface area (Å²) >= 11 is 0. The monoisotopic (exact) mass is 796 g/mol.